The summed E-state index contributed by atoms with van der Waals surface area (Å²) in [6.45, 7) is 4.92. The number of nitro benzene ring substituents is 1. The largest absolute Gasteiger partial charge is 0.299 e. The molecule has 4 nitrogen and oxygen atoms in total. The van der Waals surface area contributed by atoms with Crippen LogP contribution < -0.4 is 0 Å². The molecular weight excluding hydrogens is 252 g/mol. The predicted molar refractivity (Wildman–Crippen MR) is 73.9 cm³/mol. The molecule has 1 aromatic carbocycles. The van der Waals surface area contributed by atoms with Gasteiger partial charge in [0, 0.05) is 29.7 Å². The highest BCUT2D eigenvalue weighted by atomic mass is 35.5. The minimum Gasteiger partial charge on any atom is -0.299 e. The van der Waals surface area contributed by atoms with Gasteiger partial charge in [0.1, 0.15) is 0 Å². The second-order valence-corrected chi connectivity index (χ2v) is 4.99. The summed E-state index contributed by atoms with van der Waals surface area (Å²) in [5.74, 6) is 0. The van der Waals surface area contributed by atoms with Gasteiger partial charge in [-0.2, -0.15) is 0 Å². The first kappa shape index (κ1) is 14.9. The molecule has 0 aliphatic carbocycles. The van der Waals surface area contributed by atoms with Gasteiger partial charge in [-0.3, -0.25) is 15.0 Å². The van der Waals surface area contributed by atoms with E-state index in [9.17, 15) is 10.1 Å². The summed E-state index contributed by atoms with van der Waals surface area (Å²) in [7, 11) is 2.01. The number of nitrogens with zero attached hydrogens (tertiary/aromatic N) is 2. The minimum absolute atomic E-state index is 0.0888. The molecule has 0 bridgehead atoms. The Bertz CT molecular complexity index is 423. The van der Waals surface area contributed by atoms with Crippen LogP contribution in [0.1, 0.15) is 32.3 Å². The van der Waals surface area contributed by atoms with Gasteiger partial charge >= 0.3 is 0 Å². The Kier molecular flexibility index (Phi) is 5.56. The third kappa shape index (κ3) is 3.96. The van der Waals surface area contributed by atoms with Crippen LogP contribution in [0.15, 0.2) is 18.2 Å². The van der Waals surface area contributed by atoms with E-state index in [4.69, 9.17) is 11.6 Å². The molecule has 0 N–H and O–H groups in total. The Labute approximate surface area is 113 Å². The van der Waals surface area contributed by atoms with Crippen molar-refractivity contribution in [2.75, 3.05) is 7.05 Å². The SMILES string of the molecule is CCCC(C)N(C)Cc1cc([N+](=O)[O-])ccc1Cl. The zero-order valence-corrected chi connectivity index (χ0v) is 11.8. The fourth-order valence-electron chi connectivity index (χ4n) is 1.86. The molecule has 0 amide bonds. The van der Waals surface area contributed by atoms with E-state index in [1.807, 2.05) is 7.05 Å². The number of halogens is 1. The van der Waals surface area contributed by atoms with Crippen molar-refractivity contribution in [2.24, 2.45) is 0 Å². The predicted octanol–water partition coefficient (Wildman–Crippen LogP) is 3.87. The van der Waals surface area contributed by atoms with Crippen molar-refractivity contribution >= 4 is 17.3 Å². The Balaban J connectivity index is 2.83. The van der Waals surface area contributed by atoms with Crippen LogP contribution >= 0.6 is 11.6 Å². The van der Waals surface area contributed by atoms with Crippen LogP contribution in [0.5, 0.6) is 0 Å². The fraction of sp³-hybridized carbons (Fsp3) is 0.538. The molecule has 5 heteroatoms. The van der Waals surface area contributed by atoms with E-state index in [1.54, 1.807) is 12.1 Å². The zero-order chi connectivity index (χ0) is 13.7. The third-order valence-electron chi connectivity index (χ3n) is 3.12. The lowest BCUT2D eigenvalue weighted by atomic mass is 10.1. The van der Waals surface area contributed by atoms with Crippen molar-refractivity contribution in [3.8, 4) is 0 Å². The van der Waals surface area contributed by atoms with E-state index < -0.39 is 4.92 Å². The molecule has 0 aromatic heterocycles. The van der Waals surface area contributed by atoms with Crippen LogP contribution in [-0.4, -0.2) is 22.9 Å². The molecule has 1 unspecified atom stereocenters. The highest BCUT2D eigenvalue weighted by molar-refractivity contribution is 6.31. The highest BCUT2D eigenvalue weighted by Crippen LogP contribution is 2.23. The second kappa shape index (κ2) is 6.71. The van der Waals surface area contributed by atoms with Crippen LogP contribution in [0.2, 0.25) is 5.02 Å². The number of nitro groups is 1. The van der Waals surface area contributed by atoms with E-state index in [0.717, 1.165) is 18.4 Å². The summed E-state index contributed by atoms with van der Waals surface area (Å²) in [6.07, 6.45) is 2.22. The molecule has 1 rings (SSSR count). The lowest BCUT2D eigenvalue weighted by Crippen LogP contribution is -2.28. The molecule has 1 atom stereocenters. The van der Waals surface area contributed by atoms with Crippen molar-refractivity contribution in [1.82, 2.24) is 4.90 Å². The minimum atomic E-state index is -0.394. The maximum atomic E-state index is 10.7. The molecule has 0 aliphatic heterocycles. The van der Waals surface area contributed by atoms with E-state index in [1.165, 1.54) is 6.07 Å². The van der Waals surface area contributed by atoms with E-state index >= 15 is 0 Å². The molecular formula is C13H19ClN2O2. The van der Waals surface area contributed by atoms with Gasteiger partial charge in [-0.05, 0) is 32.0 Å². The third-order valence-corrected chi connectivity index (χ3v) is 3.49. The molecule has 0 fully saturated rings. The quantitative estimate of drug-likeness (QED) is 0.582. The van der Waals surface area contributed by atoms with Gasteiger partial charge < -0.3 is 0 Å². The maximum absolute atomic E-state index is 10.7. The summed E-state index contributed by atoms with van der Waals surface area (Å²) in [4.78, 5) is 12.5. The highest BCUT2D eigenvalue weighted by Gasteiger charge is 2.14. The van der Waals surface area contributed by atoms with Gasteiger partial charge in [-0.15, -0.1) is 0 Å². The van der Waals surface area contributed by atoms with Gasteiger partial charge in [0.2, 0.25) is 0 Å². The molecule has 1 aromatic rings. The molecule has 0 aliphatic rings. The van der Waals surface area contributed by atoms with Crippen LogP contribution in [-0.2, 0) is 6.54 Å². The van der Waals surface area contributed by atoms with Gasteiger partial charge in [0.25, 0.3) is 5.69 Å². The molecule has 0 radical (unpaired) electrons. The average molecular weight is 271 g/mol. The Morgan fingerprint density at radius 3 is 2.72 bits per heavy atom. The van der Waals surface area contributed by atoms with Gasteiger partial charge in [0.15, 0.2) is 0 Å². The average Bonchev–Trinajstić information content (AvgIpc) is 2.31. The van der Waals surface area contributed by atoms with E-state index in [0.29, 0.717) is 17.6 Å². The van der Waals surface area contributed by atoms with Crippen molar-refractivity contribution in [2.45, 2.75) is 39.3 Å². The summed E-state index contributed by atoms with van der Waals surface area (Å²) in [5, 5.41) is 11.3. The van der Waals surface area contributed by atoms with Crippen LogP contribution in [0.25, 0.3) is 0 Å². The molecule has 0 saturated heterocycles. The first-order valence-electron chi connectivity index (χ1n) is 6.08. The topological polar surface area (TPSA) is 46.4 Å². The van der Waals surface area contributed by atoms with Crippen molar-refractivity contribution < 1.29 is 4.92 Å². The summed E-state index contributed by atoms with van der Waals surface area (Å²) >= 11 is 6.08. The van der Waals surface area contributed by atoms with Gasteiger partial charge in [-0.1, -0.05) is 24.9 Å². The number of hydrogen-bond donors (Lipinski definition) is 0. The molecule has 100 valence electrons. The van der Waals surface area contributed by atoms with Gasteiger partial charge in [0.05, 0.1) is 4.92 Å². The summed E-state index contributed by atoms with van der Waals surface area (Å²) in [6, 6.07) is 5.01. The van der Waals surface area contributed by atoms with Crippen molar-refractivity contribution in [3.63, 3.8) is 0 Å². The smallest absolute Gasteiger partial charge is 0.269 e. The van der Waals surface area contributed by atoms with Crippen molar-refractivity contribution in [3.05, 3.63) is 38.9 Å². The fourth-order valence-corrected chi connectivity index (χ4v) is 2.04. The second-order valence-electron chi connectivity index (χ2n) is 4.59. The summed E-state index contributed by atoms with van der Waals surface area (Å²) in [5.41, 5.74) is 0.891. The number of hydrogen-bond acceptors (Lipinski definition) is 3. The zero-order valence-electron chi connectivity index (χ0n) is 11.0. The van der Waals surface area contributed by atoms with Gasteiger partial charge in [-0.25, -0.2) is 0 Å². The lowest BCUT2D eigenvalue weighted by Gasteiger charge is -2.24. The van der Waals surface area contributed by atoms with Crippen LogP contribution in [0.3, 0.4) is 0 Å². The van der Waals surface area contributed by atoms with E-state index in [-0.39, 0.29) is 5.69 Å². The lowest BCUT2D eigenvalue weighted by molar-refractivity contribution is -0.384. The van der Waals surface area contributed by atoms with E-state index in [2.05, 4.69) is 18.7 Å². The van der Waals surface area contributed by atoms with Crippen molar-refractivity contribution in [1.29, 1.82) is 0 Å². The Hall–Kier alpha value is -1.13. The Morgan fingerprint density at radius 2 is 2.17 bits per heavy atom. The molecule has 0 heterocycles. The Morgan fingerprint density at radius 1 is 1.50 bits per heavy atom. The maximum Gasteiger partial charge on any atom is 0.269 e. The first-order chi connectivity index (χ1) is 8.45. The monoisotopic (exact) mass is 270 g/mol. The standard InChI is InChI=1S/C13H19ClN2O2/c1-4-5-10(2)15(3)9-11-8-12(16(17)18)6-7-13(11)14/h6-8,10H,4-5,9H2,1-3H3. The molecule has 18 heavy (non-hydrogen) atoms. The number of benzene rings is 1. The van der Waals surface area contributed by atoms with Crippen LogP contribution in [0, 0.1) is 10.1 Å². The number of non-ortho nitro benzene ring substituents is 1. The molecule has 0 spiro atoms. The first-order valence-corrected chi connectivity index (χ1v) is 6.46. The summed E-state index contributed by atoms with van der Waals surface area (Å²) < 4.78 is 0. The molecule has 0 saturated carbocycles. The number of rotatable bonds is 6. The van der Waals surface area contributed by atoms with Crippen LogP contribution in [0.4, 0.5) is 5.69 Å². The normalized spacial score (nSPS) is 12.7.